The molecule has 1 nitrogen and oxygen atoms in total. The maximum absolute atomic E-state index is 5.70. The Balaban J connectivity index is 2.90. The van der Waals surface area contributed by atoms with Gasteiger partial charge in [0.1, 0.15) is 0 Å². The number of rotatable bonds is 3. The molecule has 1 heteroatoms. The highest BCUT2D eigenvalue weighted by atomic mass is 14.6. The minimum atomic E-state index is 0.956. The molecule has 14 heavy (non-hydrogen) atoms. The van der Waals surface area contributed by atoms with Gasteiger partial charge in [0.15, 0.2) is 0 Å². The molecule has 0 bridgehead atoms. The monoisotopic (exact) mass is 187 g/mol. The average Bonchev–Trinajstić information content (AvgIpc) is 2.19. The third kappa shape index (κ3) is 2.77. The van der Waals surface area contributed by atoms with E-state index >= 15 is 0 Å². The van der Waals surface area contributed by atoms with Gasteiger partial charge in [-0.2, -0.15) is 0 Å². The second kappa shape index (κ2) is 5.28. The first-order chi connectivity index (χ1) is 6.77. The van der Waals surface area contributed by atoms with Gasteiger partial charge in [0, 0.05) is 5.70 Å². The molecule has 2 N–H and O–H groups in total. The van der Waals surface area contributed by atoms with Gasteiger partial charge in [-0.25, -0.2) is 0 Å². The molecule has 0 amide bonds. The molecule has 0 spiro atoms. The lowest BCUT2D eigenvalue weighted by Gasteiger charge is -2.12. The fraction of sp³-hybridized carbons (Fsp3) is 0.231. The van der Waals surface area contributed by atoms with Crippen LogP contribution in [0.15, 0.2) is 59.9 Å². The predicted octanol–water partition coefficient (Wildman–Crippen LogP) is 3.24. The Morgan fingerprint density at radius 3 is 2.71 bits per heavy atom. The van der Waals surface area contributed by atoms with E-state index in [0.717, 1.165) is 18.5 Å². The van der Waals surface area contributed by atoms with E-state index in [1.807, 2.05) is 31.2 Å². The van der Waals surface area contributed by atoms with E-state index in [4.69, 9.17) is 5.73 Å². The van der Waals surface area contributed by atoms with Gasteiger partial charge in [-0.1, -0.05) is 37.0 Å². The molecule has 0 heterocycles. The van der Waals surface area contributed by atoms with Crippen LogP contribution < -0.4 is 5.73 Å². The Kier molecular flexibility index (Phi) is 3.99. The van der Waals surface area contributed by atoms with Crippen molar-refractivity contribution in [3.05, 3.63) is 59.9 Å². The van der Waals surface area contributed by atoms with Crippen molar-refractivity contribution in [3.63, 3.8) is 0 Å². The zero-order valence-corrected chi connectivity index (χ0v) is 8.66. The van der Waals surface area contributed by atoms with Crippen LogP contribution in [0.2, 0.25) is 0 Å². The summed E-state index contributed by atoms with van der Waals surface area (Å²) in [6.45, 7) is 5.73. The average molecular weight is 187 g/mol. The number of allylic oxidation sites excluding steroid dienone is 9. The summed E-state index contributed by atoms with van der Waals surface area (Å²) in [4.78, 5) is 0. The normalized spacial score (nSPS) is 17.9. The van der Waals surface area contributed by atoms with Gasteiger partial charge in [0.2, 0.25) is 0 Å². The van der Waals surface area contributed by atoms with Gasteiger partial charge in [0.25, 0.3) is 0 Å². The quantitative estimate of drug-likeness (QED) is 0.674. The van der Waals surface area contributed by atoms with Crippen molar-refractivity contribution < 1.29 is 0 Å². The largest absolute Gasteiger partial charge is 0.402 e. The summed E-state index contributed by atoms with van der Waals surface area (Å²) >= 11 is 0. The van der Waals surface area contributed by atoms with Crippen molar-refractivity contribution in [2.24, 2.45) is 5.73 Å². The Morgan fingerprint density at radius 2 is 2.21 bits per heavy atom. The first kappa shape index (κ1) is 10.6. The Bertz CT molecular complexity index is 327. The highest BCUT2D eigenvalue weighted by Crippen LogP contribution is 2.23. The molecule has 0 aromatic rings. The maximum Gasteiger partial charge on any atom is 0.00839 e. The summed E-state index contributed by atoms with van der Waals surface area (Å²) in [6, 6.07) is 0. The second-order valence-electron chi connectivity index (χ2n) is 3.29. The number of hydrogen-bond donors (Lipinski definition) is 1. The molecule has 0 saturated heterocycles. The van der Waals surface area contributed by atoms with Crippen molar-refractivity contribution >= 4 is 0 Å². The second-order valence-corrected chi connectivity index (χ2v) is 3.29. The lowest BCUT2D eigenvalue weighted by Crippen LogP contribution is -2.02. The van der Waals surface area contributed by atoms with E-state index in [1.165, 1.54) is 11.1 Å². The van der Waals surface area contributed by atoms with E-state index in [1.54, 1.807) is 0 Å². The van der Waals surface area contributed by atoms with Gasteiger partial charge in [-0.05, 0) is 37.0 Å². The van der Waals surface area contributed by atoms with Crippen molar-refractivity contribution in [2.45, 2.75) is 19.8 Å². The molecule has 74 valence electrons. The summed E-state index contributed by atoms with van der Waals surface area (Å²) in [5.41, 5.74) is 9.23. The molecule has 0 aromatic heterocycles. The summed E-state index contributed by atoms with van der Waals surface area (Å²) in [6.07, 6.45) is 14.0. The van der Waals surface area contributed by atoms with Crippen molar-refractivity contribution in [1.29, 1.82) is 0 Å². The van der Waals surface area contributed by atoms with E-state index in [2.05, 4.69) is 18.7 Å². The molecule has 1 rings (SSSR count). The highest BCUT2D eigenvalue weighted by Gasteiger charge is 2.05. The molecular weight excluding hydrogens is 170 g/mol. The first-order valence-electron chi connectivity index (χ1n) is 4.89. The summed E-state index contributed by atoms with van der Waals surface area (Å²) in [7, 11) is 0. The molecule has 0 saturated carbocycles. The lowest BCUT2D eigenvalue weighted by molar-refractivity contribution is 0.904. The number of nitrogens with two attached hydrogens (primary N) is 1. The molecule has 0 atom stereocenters. The van der Waals surface area contributed by atoms with Crippen LogP contribution in [-0.2, 0) is 0 Å². The Morgan fingerprint density at radius 1 is 1.43 bits per heavy atom. The predicted molar refractivity (Wildman–Crippen MR) is 62.7 cm³/mol. The first-order valence-corrected chi connectivity index (χ1v) is 4.89. The van der Waals surface area contributed by atoms with Crippen LogP contribution in [0.4, 0.5) is 0 Å². The van der Waals surface area contributed by atoms with Gasteiger partial charge in [-0.15, -0.1) is 0 Å². The zero-order valence-electron chi connectivity index (χ0n) is 8.66. The van der Waals surface area contributed by atoms with Gasteiger partial charge in [-0.3, -0.25) is 0 Å². The molecule has 0 aliphatic heterocycles. The minimum Gasteiger partial charge on any atom is -0.402 e. The summed E-state index contributed by atoms with van der Waals surface area (Å²) in [5, 5.41) is 0. The van der Waals surface area contributed by atoms with Crippen LogP contribution in [0.5, 0.6) is 0 Å². The van der Waals surface area contributed by atoms with E-state index in [0.29, 0.717) is 0 Å². The molecule has 0 fully saturated rings. The smallest absolute Gasteiger partial charge is 0.00839 e. The highest BCUT2D eigenvalue weighted by molar-refractivity contribution is 5.45. The topological polar surface area (TPSA) is 26.0 Å². The van der Waals surface area contributed by atoms with Crippen LogP contribution in [0.25, 0.3) is 0 Å². The van der Waals surface area contributed by atoms with Crippen molar-refractivity contribution in [3.8, 4) is 0 Å². The van der Waals surface area contributed by atoms with E-state index < -0.39 is 0 Å². The van der Waals surface area contributed by atoms with Crippen molar-refractivity contribution in [2.75, 3.05) is 0 Å². The van der Waals surface area contributed by atoms with Gasteiger partial charge >= 0.3 is 0 Å². The molecular formula is C13H17N. The van der Waals surface area contributed by atoms with Crippen LogP contribution in [-0.4, -0.2) is 0 Å². The molecule has 0 unspecified atom stereocenters. The summed E-state index contributed by atoms with van der Waals surface area (Å²) < 4.78 is 0. The van der Waals surface area contributed by atoms with Crippen LogP contribution >= 0.6 is 0 Å². The minimum absolute atomic E-state index is 0.956. The SMILES string of the molecule is C=C/C=C(\C=C/C)C1=CC=C(N)CC1. The third-order valence-corrected chi connectivity index (χ3v) is 2.20. The molecule has 0 radical (unpaired) electrons. The van der Waals surface area contributed by atoms with Crippen LogP contribution in [0, 0.1) is 0 Å². The molecule has 1 aliphatic rings. The van der Waals surface area contributed by atoms with Crippen LogP contribution in [0.3, 0.4) is 0 Å². The number of hydrogen-bond acceptors (Lipinski definition) is 1. The molecule has 1 aliphatic carbocycles. The van der Waals surface area contributed by atoms with Crippen molar-refractivity contribution in [1.82, 2.24) is 0 Å². The van der Waals surface area contributed by atoms with E-state index in [-0.39, 0.29) is 0 Å². The Hall–Kier alpha value is -1.50. The van der Waals surface area contributed by atoms with Crippen LogP contribution in [0.1, 0.15) is 19.8 Å². The maximum atomic E-state index is 5.70. The lowest BCUT2D eigenvalue weighted by atomic mass is 9.95. The standard InChI is InChI=1S/C13H17N/c1-3-5-11(6-4-2)12-7-9-13(14)10-8-12/h3-7,9H,1,8,10,14H2,2H3/b6-4-,11-5+. The molecule has 0 aromatic carbocycles. The summed E-state index contributed by atoms with van der Waals surface area (Å²) in [5.74, 6) is 0. The zero-order chi connectivity index (χ0) is 10.4. The fourth-order valence-electron chi connectivity index (χ4n) is 1.47. The fourth-order valence-corrected chi connectivity index (χ4v) is 1.47. The van der Waals surface area contributed by atoms with Gasteiger partial charge in [0.05, 0.1) is 0 Å². The van der Waals surface area contributed by atoms with E-state index in [9.17, 15) is 0 Å². The van der Waals surface area contributed by atoms with Gasteiger partial charge < -0.3 is 5.73 Å². The Labute approximate surface area is 86.0 Å². The third-order valence-electron chi connectivity index (χ3n) is 2.20.